The Morgan fingerprint density at radius 3 is 2.73 bits per heavy atom. The molecule has 0 bridgehead atoms. The summed E-state index contributed by atoms with van der Waals surface area (Å²) in [4.78, 5) is 10.7. The van der Waals surface area contributed by atoms with Crippen LogP contribution in [0.25, 0.3) is 0 Å². The first-order valence-electron chi connectivity index (χ1n) is 4.76. The molecule has 1 aromatic rings. The zero-order valence-corrected chi connectivity index (χ0v) is 8.64. The van der Waals surface area contributed by atoms with Crippen LogP contribution in [0, 0.1) is 0 Å². The number of carbonyl (C=O) groups excluding carboxylic acids is 1. The van der Waals surface area contributed by atoms with Gasteiger partial charge in [0.15, 0.2) is 0 Å². The number of hydrogen-bond donors (Lipinski definition) is 2. The van der Waals surface area contributed by atoms with Gasteiger partial charge in [-0.15, -0.1) is 0 Å². The van der Waals surface area contributed by atoms with Crippen molar-refractivity contribution >= 4 is 6.09 Å². The lowest BCUT2D eigenvalue weighted by molar-refractivity contribution is 0.146. The van der Waals surface area contributed by atoms with E-state index in [1.54, 1.807) is 0 Å². The van der Waals surface area contributed by atoms with Crippen LogP contribution in [0.5, 0.6) is 0 Å². The van der Waals surface area contributed by atoms with Gasteiger partial charge in [0.25, 0.3) is 0 Å². The molecule has 0 radical (unpaired) electrons. The van der Waals surface area contributed by atoms with Gasteiger partial charge in [0.2, 0.25) is 0 Å². The Labute approximate surface area is 88.9 Å². The van der Waals surface area contributed by atoms with E-state index in [9.17, 15) is 9.90 Å². The van der Waals surface area contributed by atoms with Crippen LogP contribution in [-0.4, -0.2) is 31.0 Å². The Morgan fingerprint density at radius 1 is 1.47 bits per heavy atom. The predicted molar refractivity (Wildman–Crippen MR) is 56.6 cm³/mol. The molecule has 0 heterocycles. The molecule has 0 aliphatic rings. The topological polar surface area (TPSA) is 58.6 Å². The highest BCUT2D eigenvalue weighted by atomic mass is 16.5. The second-order valence-corrected chi connectivity index (χ2v) is 3.22. The molecule has 0 aliphatic heterocycles. The molecule has 0 fully saturated rings. The Kier molecular flexibility index (Phi) is 4.63. The van der Waals surface area contributed by atoms with E-state index in [1.807, 2.05) is 30.3 Å². The predicted octanol–water partition coefficient (Wildman–Crippen LogP) is 0.946. The number of amides is 1. The van der Waals surface area contributed by atoms with Crippen LogP contribution in [0.4, 0.5) is 4.79 Å². The van der Waals surface area contributed by atoms with E-state index in [0.717, 1.165) is 5.56 Å². The molecule has 0 spiro atoms. The lowest BCUT2D eigenvalue weighted by atomic mass is 10.1. The standard InChI is InChI=1S/C11H15NO3/c1-15-11(14)12-8-10(13)7-9-5-3-2-4-6-9/h2-6,10,13H,7-8H2,1H3,(H,12,14). The van der Waals surface area contributed by atoms with Crippen LogP contribution in [-0.2, 0) is 11.2 Å². The number of methoxy groups -OCH3 is 1. The monoisotopic (exact) mass is 209 g/mol. The summed E-state index contributed by atoms with van der Waals surface area (Å²) in [6.45, 7) is 0.196. The van der Waals surface area contributed by atoms with Crippen molar-refractivity contribution in [3.05, 3.63) is 35.9 Å². The minimum absolute atomic E-state index is 0.196. The maximum atomic E-state index is 10.7. The average molecular weight is 209 g/mol. The summed E-state index contributed by atoms with van der Waals surface area (Å²) in [5.74, 6) is 0. The normalized spacial score (nSPS) is 11.9. The van der Waals surface area contributed by atoms with Crippen molar-refractivity contribution in [2.45, 2.75) is 12.5 Å². The molecule has 0 aromatic heterocycles. The van der Waals surface area contributed by atoms with Crippen molar-refractivity contribution in [3.63, 3.8) is 0 Å². The summed E-state index contributed by atoms with van der Waals surface area (Å²) < 4.78 is 4.39. The minimum Gasteiger partial charge on any atom is -0.453 e. The zero-order chi connectivity index (χ0) is 11.1. The molecule has 1 rings (SSSR count). The first-order valence-corrected chi connectivity index (χ1v) is 4.76. The molecule has 4 heteroatoms. The van der Waals surface area contributed by atoms with Gasteiger partial charge in [0.1, 0.15) is 0 Å². The third-order valence-electron chi connectivity index (χ3n) is 1.98. The second-order valence-electron chi connectivity index (χ2n) is 3.22. The van der Waals surface area contributed by atoms with Gasteiger partial charge in [0.05, 0.1) is 13.2 Å². The Morgan fingerprint density at radius 2 is 2.13 bits per heavy atom. The van der Waals surface area contributed by atoms with Crippen LogP contribution in [0.2, 0.25) is 0 Å². The molecule has 1 amide bonds. The van der Waals surface area contributed by atoms with Gasteiger partial charge in [-0.3, -0.25) is 0 Å². The summed E-state index contributed by atoms with van der Waals surface area (Å²) in [7, 11) is 1.29. The van der Waals surface area contributed by atoms with Crippen LogP contribution in [0.3, 0.4) is 0 Å². The number of benzene rings is 1. The third kappa shape index (κ3) is 4.46. The Balaban J connectivity index is 2.30. The highest BCUT2D eigenvalue weighted by Gasteiger charge is 2.07. The van der Waals surface area contributed by atoms with E-state index in [2.05, 4.69) is 10.1 Å². The maximum absolute atomic E-state index is 10.7. The highest BCUT2D eigenvalue weighted by molar-refractivity contribution is 5.66. The number of hydrogen-bond acceptors (Lipinski definition) is 3. The van der Waals surface area contributed by atoms with E-state index in [0.29, 0.717) is 6.42 Å². The summed E-state index contributed by atoms with van der Waals surface area (Å²) >= 11 is 0. The average Bonchev–Trinajstić information content (AvgIpc) is 2.27. The molecule has 4 nitrogen and oxygen atoms in total. The summed E-state index contributed by atoms with van der Waals surface area (Å²) in [5, 5.41) is 12.0. The molecule has 15 heavy (non-hydrogen) atoms. The smallest absolute Gasteiger partial charge is 0.406 e. The van der Waals surface area contributed by atoms with E-state index in [-0.39, 0.29) is 6.54 Å². The number of nitrogens with one attached hydrogen (secondary N) is 1. The fraction of sp³-hybridized carbons (Fsp3) is 0.364. The fourth-order valence-corrected chi connectivity index (χ4v) is 1.23. The third-order valence-corrected chi connectivity index (χ3v) is 1.98. The number of ether oxygens (including phenoxy) is 1. The quantitative estimate of drug-likeness (QED) is 0.776. The van der Waals surface area contributed by atoms with Crippen molar-refractivity contribution in [2.75, 3.05) is 13.7 Å². The highest BCUT2D eigenvalue weighted by Crippen LogP contribution is 2.02. The van der Waals surface area contributed by atoms with Crippen molar-refractivity contribution in [2.24, 2.45) is 0 Å². The van der Waals surface area contributed by atoms with Crippen molar-refractivity contribution in [3.8, 4) is 0 Å². The molecule has 2 N–H and O–H groups in total. The lowest BCUT2D eigenvalue weighted by Gasteiger charge is -2.10. The van der Waals surface area contributed by atoms with Crippen LogP contribution in [0.15, 0.2) is 30.3 Å². The molecular weight excluding hydrogens is 194 g/mol. The second kappa shape index (κ2) is 6.03. The molecule has 1 aromatic carbocycles. The van der Waals surface area contributed by atoms with E-state index >= 15 is 0 Å². The summed E-state index contributed by atoms with van der Waals surface area (Å²) in [6.07, 6.45) is -0.598. The molecule has 0 saturated heterocycles. The van der Waals surface area contributed by atoms with Gasteiger partial charge in [-0.1, -0.05) is 30.3 Å². The molecule has 82 valence electrons. The van der Waals surface area contributed by atoms with Crippen LogP contribution >= 0.6 is 0 Å². The van der Waals surface area contributed by atoms with Gasteiger partial charge in [-0.25, -0.2) is 4.79 Å². The maximum Gasteiger partial charge on any atom is 0.406 e. The Hall–Kier alpha value is -1.55. The van der Waals surface area contributed by atoms with Crippen LogP contribution in [0.1, 0.15) is 5.56 Å². The molecule has 0 aliphatic carbocycles. The molecule has 0 saturated carbocycles. The zero-order valence-electron chi connectivity index (χ0n) is 8.64. The summed E-state index contributed by atoms with van der Waals surface area (Å²) in [5.41, 5.74) is 1.04. The van der Waals surface area contributed by atoms with Gasteiger partial charge >= 0.3 is 6.09 Å². The molecule has 1 unspecified atom stereocenters. The van der Waals surface area contributed by atoms with Gasteiger partial charge in [-0.05, 0) is 5.56 Å². The van der Waals surface area contributed by atoms with Crippen LogP contribution < -0.4 is 5.32 Å². The Bertz CT molecular complexity index is 300. The summed E-state index contributed by atoms with van der Waals surface area (Å²) in [6, 6.07) is 9.61. The van der Waals surface area contributed by atoms with Crippen molar-refractivity contribution in [1.82, 2.24) is 5.32 Å². The van der Waals surface area contributed by atoms with Gasteiger partial charge in [-0.2, -0.15) is 0 Å². The SMILES string of the molecule is COC(=O)NCC(O)Cc1ccccc1. The molecular formula is C11H15NO3. The van der Waals surface area contributed by atoms with Crippen molar-refractivity contribution in [1.29, 1.82) is 0 Å². The van der Waals surface area contributed by atoms with Gasteiger partial charge < -0.3 is 15.2 Å². The number of alkyl carbamates (subject to hydrolysis) is 1. The van der Waals surface area contributed by atoms with E-state index in [4.69, 9.17) is 0 Å². The van der Waals surface area contributed by atoms with Gasteiger partial charge in [0, 0.05) is 13.0 Å². The van der Waals surface area contributed by atoms with Crippen molar-refractivity contribution < 1.29 is 14.6 Å². The van der Waals surface area contributed by atoms with E-state index in [1.165, 1.54) is 7.11 Å². The molecule has 1 atom stereocenters. The number of aliphatic hydroxyl groups excluding tert-OH is 1. The fourth-order valence-electron chi connectivity index (χ4n) is 1.23. The number of carbonyl (C=O) groups is 1. The minimum atomic E-state index is -0.591. The first-order chi connectivity index (χ1) is 7.22. The van der Waals surface area contributed by atoms with E-state index < -0.39 is 12.2 Å². The number of rotatable bonds is 4. The largest absolute Gasteiger partial charge is 0.453 e. The number of aliphatic hydroxyl groups is 1. The lowest BCUT2D eigenvalue weighted by Crippen LogP contribution is -2.33. The first kappa shape index (κ1) is 11.5.